The molecule has 1 heterocycles. The second-order valence-corrected chi connectivity index (χ2v) is 10.4. The lowest BCUT2D eigenvalue weighted by atomic mass is 9.95. The molecular weight excluding hydrogens is 368 g/mol. The molecule has 1 unspecified atom stereocenters. The van der Waals surface area contributed by atoms with Crippen molar-refractivity contribution in [3.8, 4) is 0 Å². The predicted octanol–water partition coefficient (Wildman–Crippen LogP) is 4.90. The summed E-state index contributed by atoms with van der Waals surface area (Å²) in [5.41, 5.74) is 2.95. The summed E-state index contributed by atoms with van der Waals surface area (Å²) in [6.45, 7) is 0.920. The molecule has 1 aromatic rings. The summed E-state index contributed by atoms with van der Waals surface area (Å²) in [6.07, 6.45) is 14.9. The van der Waals surface area contributed by atoms with Crippen LogP contribution >= 0.6 is 0 Å². The highest BCUT2D eigenvalue weighted by Gasteiger charge is 2.40. The lowest BCUT2D eigenvalue weighted by molar-refractivity contribution is 0.370. The Morgan fingerprint density at radius 1 is 1.07 bits per heavy atom. The van der Waals surface area contributed by atoms with Crippen LogP contribution in [0.3, 0.4) is 0 Å². The largest absolute Gasteiger partial charge is 0.314 e. The molecule has 0 amide bonds. The Kier molecular flexibility index (Phi) is 6.22. The number of allylic oxidation sites excluding steroid dienone is 4. The highest BCUT2D eigenvalue weighted by atomic mass is 32.2. The van der Waals surface area contributed by atoms with Crippen LogP contribution < -0.4 is 9.62 Å². The first-order chi connectivity index (χ1) is 13.7. The lowest BCUT2D eigenvalue weighted by Gasteiger charge is -2.38. The minimum absolute atomic E-state index is 0.331. The van der Waals surface area contributed by atoms with Crippen LogP contribution in [0, 0.1) is 0 Å². The van der Waals surface area contributed by atoms with Gasteiger partial charge in [-0.2, -0.15) is 0 Å². The van der Waals surface area contributed by atoms with Gasteiger partial charge in [0.25, 0.3) is 0 Å². The predicted molar refractivity (Wildman–Crippen MR) is 116 cm³/mol. The van der Waals surface area contributed by atoms with Crippen molar-refractivity contribution < 1.29 is 8.42 Å². The number of hydrogen-bond donors (Lipinski definition) is 1. The maximum atomic E-state index is 13.5. The second-order valence-electron chi connectivity index (χ2n) is 8.32. The smallest absolute Gasteiger partial charge is 0.242 e. The molecule has 5 heteroatoms. The first-order valence-corrected chi connectivity index (χ1v) is 12.4. The fourth-order valence-corrected chi connectivity index (χ4v) is 6.92. The molecule has 1 aromatic carbocycles. The third-order valence-electron chi connectivity index (χ3n) is 6.34. The summed E-state index contributed by atoms with van der Waals surface area (Å²) < 4.78 is 28.7. The van der Waals surface area contributed by atoms with Crippen molar-refractivity contribution in [2.75, 3.05) is 10.8 Å². The molecule has 1 fully saturated rings. The second kappa shape index (κ2) is 8.83. The van der Waals surface area contributed by atoms with Gasteiger partial charge in [-0.15, -0.1) is 0 Å². The summed E-state index contributed by atoms with van der Waals surface area (Å²) >= 11 is 0. The van der Waals surface area contributed by atoms with Gasteiger partial charge in [-0.05, 0) is 69.2 Å². The lowest BCUT2D eigenvalue weighted by Crippen LogP contribution is -2.43. The van der Waals surface area contributed by atoms with Crippen LogP contribution in [0.15, 0.2) is 53.8 Å². The molecule has 0 saturated heterocycles. The van der Waals surface area contributed by atoms with Crippen molar-refractivity contribution in [2.24, 2.45) is 0 Å². The average molecular weight is 401 g/mol. The van der Waals surface area contributed by atoms with E-state index in [1.165, 1.54) is 37.7 Å². The number of anilines is 1. The molecule has 0 aromatic heterocycles. The molecule has 4 nitrogen and oxygen atoms in total. The molecule has 1 atom stereocenters. The van der Waals surface area contributed by atoms with Gasteiger partial charge in [0.1, 0.15) is 0 Å². The topological polar surface area (TPSA) is 49.4 Å². The van der Waals surface area contributed by atoms with Crippen molar-refractivity contribution in [1.29, 1.82) is 0 Å². The zero-order valence-corrected chi connectivity index (χ0v) is 17.5. The van der Waals surface area contributed by atoms with E-state index in [-0.39, 0.29) is 5.25 Å². The van der Waals surface area contributed by atoms with Crippen molar-refractivity contribution in [2.45, 2.75) is 75.5 Å². The van der Waals surface area contributed by atoms with Crippen LogP contribution in [0.2, 0.25) is 0 Å². The summed E-state index contributed by atoms with van der Waals surface area (Å²) in [5, 5.41) is 3.32. The van der Waals surface area contributed by atoms with Crippen molar-refractivity contribution in [1.82, 2.24) is 5.32 Å². The van der Waals surface area contributed by atoms with Crippen molar-refractivity contribution in [3.63, 3.8) is 0 Å². The van der Waals surface area contributed by atoms with E-state index in [0.717, 1.165) is 43.6 Å². The Balaban J connectivity index is 1.47. The highest BCUT2D eigenvalue weighted by molar-refractivity contribution is 7.93. The van der Waals surface area contributed by atoms with Gasteiger partial charge in [0.2, 0.25) is 10.0 Å². The molecular formula is C23H32N2O2S. The third-order valence-corrected chi connectivity index (χ3v) is 8.52. The van der Waals surface area contributed by atoms with E-state index in [2.05, 4.69) is 17.5 Å². The molecule has 2 aliphatic carbocycles. The van der Waals surface area contributed by atoms with Gasteiger partial charge in [-0.1, -0.05) is 49.6 Å². The average Bonchev–Trinajstić information content (AvgIpc) is 2.72. The molecule has 1 N–H and O–H groups in total. The third kappa shape index (κ3) is 4.20. The van der Waals surface area contributed by atoms with E-state index >= 15 is 0 Å². The normalized spacial score (nSPS) is 25.0. The van der Waals surface area contributed by atoms with Crippen molar-refractivity contribution >= 4 is 15.7 Å². The molecule has 1 aliphatic heterocycles. The number of para-hydroxylation sites is 1. The van der Waals surface area contributed by atoms with Gasteiger partial charge >= 0.3 is 0 Å². The first-order valence-electron chi connectivity index (χ1n) is 10.9. The number of nitrogens with one attached hydrogen (secondary N) is 1. The van der Waals surface area contributed by atoms with E-state index in [0.29, 0.717) is 12.5 Å². The van der Waals surface area contributed by atoms with E-state index in [9.17, 15) is 8.42 Å². The van der Waals surface area contributed by atoms with E-state index in [4.69, 9.17) is 0 Å². The Morgan fingerprint density at radius 2 is 1.86 bits per heavy atom. The van der Waals surface area contributed by atoms with Gasteiger partial charge in [-0.25, -0.2) is 12.7 Å². The van der Waals surface area contributed by atoms with Crippen molar-refractivity contribution in [3.05, 3.63) is 53.8 Å². The molecule has 152 valence electrons. The van der Waals surface area contributed by atoms with Crippen LogP contribution in [0.5, 0.6) is 0 Å². The summed E-state index contributed by atoms with van der Waals surface area (Å²) in [5.74, 6) is 0. The van der Waals surface area contributed by atoms with E-state index in [1.807, 2.05) is 30.3 Å². The minimum atomic E-state index is -3.38. The maximum absolute atomic E-state index is 13.5. The Bertz CT molecular complexity index is 823. The van der Waals surface area contributed by atoms with Gasteiger partial charge < -0.3 is 5.32 Å². The number of benzene rings is 1. The number of nitrogens with zero attached hydrogens (tertiary/aromatic N) is 1. The van der Waals surface area contributed by atoms with Crippen LogP contribution in [0.4, 0.5) is 5.69 Å². The maximum Gasteiger partial charge on any atom is 0.242 e. The Morgan fingerprint density at radius 3 is 2.64 bits per heavy atom. The molecule has 4 rings (SSSR count). The van der Waals surface area contributed by atoms with E-state index < -0.39 is 10.0 Å². The van der Waals surface area contributed by atoms with Crippen LogP contribution in [0.25, 0.3) is 0 Å². The van der Waals surface area contributed by atoms with Gasteiger partial charge in [0.05, 0.1) is 10.9 Å². The zero-order chi connectivity index (χ0) is 19.4. The molecule has 1 saturated carbocycles. The number of hydrogen-bond acceptors (Lipinski definition) is 3. The van der Waals surface area contributed by atoms with E-state index in [1.54, 1.807) is 4.31 Å². The summed E-state index contributed by atoms with van der Waals surface area (Å²) in [4.78, 5) is 0. The van der Waals surface area contributed by atoms with Gasteiger partial charge in [0.15, 0.2) is 0 Å². The Labute approximate surface area is 169 Å². The van der Waals surface area contributed by atoms with Crippen LogP contribution in [0.1, 0.15) is 64.2 Å². The Hall–Kier alpha value is -1.59. The molecule has 28 heavy (non-hydrogen) atoms. The van der Waals surface area contributed by atoms with Gasteiger partial charge in [-0.3, -0.25) is 0 Å². The van der Waals surface area contributed by atoms with Crippen LogP contribution in [-0.4, -0.2) is 26.3 Å². The number of rotatable bonds is 6. The fraction of sp³-hybridized carbons (Fsp3) is 0.565. The highest BCUT2D eigenvalue weighted by Crippen LogP contribution is 2.40. The molecule has 3 aliphatic rings. The number of sulfonamides is 1. The fourth-order valence-electron chi connectivity index (χ4n) is 4.83. The summed E-state index contributed by atoms with van der Waals surface area (Å²) in [7, 11) is -3.38. The minimum Gasteiger partial charge on any atom is -0.314 e. The standard InChI is InChI=1S/C23H32N2O2S/c26-28(27)22(15-9-17-24-20-11-3-1-4-12-20)18-19-10-7-8-16-23(19)25(28)21-13-5-2-6-14-21/h2,5-7,10,13-14,20,22,24H,1,3-4,8-9,11-12,15-18H2. The SMILES string of the molecule is O=S1(=O)C(CCCNC2CCCCC2)CC2=C(CCC=C2)N1c1ccccc1. The van der Waals surface area contributed by atoms with Crippen LogP contribution in [-0.2, 0) is 10.0 Å². The molecule has 0 spiro atoms. The molecule has 0 bridgehead atoms. The first kappa shape index (κ1) is 19.7. The zero-order valence-electron chi connectivity index (χ0n) is 16.6. The van der Waals surface area contributed by atoms with Gasteiger partial charge in [0, 0.05) is 11.7 Å². The quantitative estimate of drug-likeness (QED) is 0.691. The molecule has 0 radical (unpaired) electrons. The summed E-state index contributed by atoms with van der Waals surface area (Å²) in [6, 6.07) is 10.2. The monoisotopic (exact) mass is 400 g/mol.